The second-order valence-corrected chi connectivity index (χ2v) is 6.78. The zero-order valence-electron chi connectivity index (χ0n) is 14.2. The highest BCUT2D eigenvalue weighted by molar-refractivity contribution is 9.10. The number of rotatable bonds is 8. The maximum absolute atomic E-state index is 12.2. The molecule has 2 aromatic rings. The monoisotopic (exact) mass is 439 g/mol. The first-order valence-corrected chi connectivity index (χ1v) is 9.18. The van der Waals surface area contributed by atoms with Gasteiger partial charge in [-0.1, -0.05) is 57.9 Å². The second kappa shape index (κ2) is 10.2. The largest absolute Gasteiger partial charge is 0.492 e. The van der Waals surface area contributed by atoms with Gasteiger partial charge in [0.25, 0.3) is 0 Å². The van der Waals surface area contributed by atoms with E-state index >= 15 is 0 Å². The van der Waals surface area contributed by atoms with Gasteiger partial charge in [-0.25, -0.2) is 4.79 Å². The third-order valence-corrected chi connectivity index (χ3v) is 4.36. The summed E-state index contributed by atoms with van der Waals surface area (Å²) in [4.78, 5) is 24.1. The quantitative estimate of drug-likeness (QED) is 0.491. The Hall–Kier alpha value is -2.05. The fraction of sp³-hybridized carbons (Fsp3) is 0.263. The minimum Gasteiger partial charge on any atom is -0.492 e. The van der Waals surface area contributed by atoms with Crippen molar-refractivity contribution in [3.63, 3.8) is 0 Å². The van der Waals surface area contributed by atoms with Crippen LogP contribution in [0.1, 0.15) is 24.4 Å². The van der Waals surface area contributed by atoms with Crippen molar-refractivity contribution in [1.82, 2.24) is 5.32 Å². The zero-order valence-corrected chi connectivity index (χ0v) is 16.5. The van der Waals surface area contributed by atoms with Gasteiger partial charge in [0.2, 0.25) is 5.91 Å². The van der Waals surface area contributed by atoms with Crippen LogP contribution in [-0.2, 0) is 14.3 Å². The van der Waals surface area contributed by atoms with Crippen LogP contribution >= 0.6 is 27.5 Å². The molecule has 0 aliphatic heterocycles. The number of benzene rings is 2. The van der Waals surface area contributed by atoms with Crippen molar-refractivity contribution in [3.8, 4) is 5.75 Å². The fourth-order valence-corrected chi connectivity index (χ4v) is 3.01. The normalized spacial score (nSPS) is 11.5. The van der Waals surface area contributed by atoms with E-state index in [1.807, 2.05) is 12.1 Å². The molecule has 1 unspecified atom stereocenters. The zero-order chi connectivity index (χ0) is 18.9. The molecule has 1 atom stereocenters. The second-order valence-electron chi connectivity index (χ2n) is 5.46. The third-order valence-electron chi connectivity index (χ3n) is 3.57. The van der Waals surface area contributed by atoms with Crippen molar-refractivity contribution in [2.75, 3.05) is 13.7 Å². The standard InChI is InChI=1S/C19H19BrClNO4/c1-25-19(24)18(13-6-3-2-4-7-13)22-17(23)8-5-11-26-16-10-9-14(20)12-15(16)21/h2-4,6-7,9-10,12,18H,5,8,11H2,1H3,(H,22,23). The van der Waals surface area contributed by atoms with Gasteiger partial charge in [0.1, 0.15) is 5.75 Å². The highest BCUT2D eigenvalue weighted by Crippen LogP contribution is 2.27. The van der Waals surface area contributed by atoms with E-state index in [-0.39, 0.29) is 12.3 Å². The first-order valence-electron chi connectivity index (χ1n) is 8.01. The summed E-state index contributed by atoms with van der Waals surface area (Å²) in [6.45, 7) is 0.336. The molecule has 7 heteroatoms. The minimum atomic E-state index is -0.824. The van der Waals surface area contributed by atoms with Crippen LogP contribution in [-0.4, -0.2) is 25.6 Å². The molecule has 26 heavy (non-hydrogen) atoms. The van der Waals surface area contributed by atoms with Gasteiger partial charge in [0.15, 0.2) is 6.04 Å². The van der Waals surface area contributed by atoms with Crippen LogP contribution in [0.15, 0.2) is 53.0 Å². The number of halogens is 2. The van der Waals surface area contributed by atoms with E-state index in [4.69, 9.17) is 21.1 Å². The van der Waals surface area contributed by atoms with Crippen LogP contribution in [0.4, 0.5) is 0 Å². The molecule has 2 aromatic carbocycles. The summed E-state index contributed by atoms with van der Waals surface area (Å²) < 4.78 is 11.2. The summed E-state index contributed by atoms with van der Waals surface area (Å²) in [7, 11) is 1.29. The predicted molar refractivity (Wildman–Crippen MR) is 103 cm³/mol. The third kappa shape index (κ3) is 6.04. The van der Waals surface area contributed by atoms with Gasteiger partial charge in [0, 0.05) is 10.9 Å². The van der Waals surface area contributed by atoms with Crippen molar-refractivity contribution in [1.29, 1.82) is 0 Å². The Bertz CT molecular complexity index is 754. The van der Waals surface area contributed by atoms with E-state index in [0.29, 0.717) is 29.4 Å². The maximum atomic E-state index is 12.2. The summed E-state index contributed by atoms with van der Waals surface area (Å²) in [5, 5.41) is 3.20. The van der Waals surface area contributed by atoms with E-state index in [0.717, 1.165) is 4.47 Å². The molecule has 2 rings (SSSR count). The number of carbonyl (C=O) groups excluding carboxylic acids is 2. The molecule has 0 fully saturated rings. The Kier molecular flexibility index (Phi) is 7.94. The van der Waals surface area contributed by atoms with Crippen molar-refractivity contribution in [2.24, 2.45) is 0 Å². The van der Waals surface area contributed by atoms with E-state index in [2.05, 4.69) is 21.2 Å². The van der Waals surface area contributed by atoms with E-state index in [9.17, 15) is 9.59 Å². The molecule has 0 spiro atoms. The molecule has 1 N–H and O–H groups in total. The first-order chi connectivity index (χ1) is 12.5. The van der Waals surface area contributed by atoms with Crippen LogP contribution in [0.25, 0.3) is 0 Å². The van der Waals surface area contributed by atoms with Crippen molar-refractivity contribution in [3.05, 3.63) is 63.6 Å². The summed E-state index contributed by atoms with van der Waals surface area (Å²) >= 11 is 9.40. The number of hydrogen-bond donors (Lipinski definition) is 1. The molecular weight excluding hydrogens is 422 g/mol. The topological polar surface area (TPSA) is 64.6 Å². The van der Waals surface area contributed by atoms with Crippen LogP contribution < -0.4 is 10.1 Å². The van der Waals surface area contributed by atoms with Crippen molar-refractivity contribution >= 4 is 39.4 Å². The highest BCUT2D eigenvalue weighted by atomic mass is 79.9. The van der Waals surface area contributed by atoms with Crippen molar-refractivity contribution in [2.45, 2.75) is 18.9 Å². The molecule has 0 saturated heterocycles. The number of nitrogens with one attached hydrogen (secondary N) is 1. The fourth-order valence-electron chi connectivity index (χ4n) is 2.28. The molecule has 0 saturated carbocycles. The molecule has 0 heterocycles. The van der Waals surface area contributed by atoms with Gasteiger partial charge in [-0.2, -0.15) is 0 Å². The highest BCUT2D eigenvalue weighted by Gasteiger charge is 2.23. The van der Waals surface area contributed by atoms with E-state index in [1.54, 1.807) is 36.4 Å². The van der Waals surface area contributed by atoms with Crippen LogP contribution in [0.3, 0.4) is 0 Å². The minimum absolute atomic E-state index is 0.217. The SMILES string of the molecule is COC(=O)C(NC(=O)CCCOc1ccc(Br)cc1Cl)c1ccccc1. The summed E-state index contributed by atoms with van der Waals surface area (Å²) in [6, 6.07) is 13.5. The van der Waals surface area contributed by atoms with E-state index in [1.165, 1.54) is 7.11 Å². The number of methoxy groups -OCH3 is 1. The van der Waals surface area contributed by atoms with E-state index < -0.39 is 12.0 Å². The van der Waals surface area contributed by atoms with Gasteiger partial charge in [-0.05, 0) is 30.2 Å². The Labute approximate surface area is 165 Å². The molecule has 0 radical (unpaired) electrons. The van der Waals surface area contributed by atoms with Gasteiger partial charge >= 0.3 is 5.97 Å². The average molecular weight is 441 g/mol. The van der Waals surface area contributed by atoms with Crippen molar-refractivity contribution < 1.29 is 19.1 Å². The number of ether oxygens (including phenoxy) is 2. The lowest BCUT2D eigenvalue weighted by molar-refractivity contribution is -0.145. The number of esters is 1. The predicted octanol–water partition coefficient (Wildman–Crippen LogP) is 4.29. The first kappa shape index (κ1) is 20.3. The van der Waals surface area contributed by atoms with Crippen LogP contribution in [0.2, 0.25) is 5.02 Å². The molecule has 0 aromatic heterocycles. The summed E-state index contributed by atoms with van der Waals surface area (Å²) in [5.41, 5.74) is 0.672. The lowest BCUT2D eigenvalue weighted by atomic mass is 10.1. The Morgan fingerprint density at radius 2 is 1.92 bits per heavy atom. The van der Waals surface area contributed by atoms with Gasteiger partial charge in [-0.3, -0.25) is 4.79 Å². The number of hydrogen-bond acceptors (Lipinski definition) is 4. The average Bonchev–Trinajstić information content (AvgIpc) is 2.64. The molecule has 0 aliphatic carbocycles. The van der Waals surface area contributed by atoms with Gasteiger partial charge in [-0.15, -0.1) is 0 Å². The van der Waals surface area contributed by atoms with Crippen LogP contribution in [0, 0.1) is 0 Å². The Morgan fingerprint density at radius 1 is 1.19 bits per heavy atom. The summed E-state index contributed by atoms with van der Waals surface area (Å²) in [5.74, 6) is -0.204. The molecule has 0 bridgehead atoms. The molecule has 138 valence electrons. The van der Waals surface area contributed by atoms with Crippen LogP contribution in [0.5, 0.6) is 5.75 Å². The van der Waals surface area contributed by atoms with Gasteiger partial charge < -0.3 is 14.8 Å². The molecule has 5 nitrogen and oxygen atoms in total. The molecule has 1 amide bonds. The Morgan fingerprint density at radius 3 is 2.58 bits per heavy atom. The number of amides is 1. The van der Waals surface area contributed by atoms with Gasteiger partial charge in [0.05, 0.1) is 18.7 Å². The summed E-state index contributed by atoms with van der Waals surface area (Å²) in [6.07, 6.45) is 0.704. The number of carbonyl (C=O) groups is 2. The Balaban J connectivity index is 1.83. The lowest BCUT2D eigenvalue weighted by Crippen LogP contribution is -2.34. The lowest BCUT2D eigenvalue weighted by Gasteiger charge is -2.17. The molecule has 0 aliphatic rings. The molecular formula is C19H19BrClNO4. The smallest absolute Gasteiger partial charge is 0.333 e. The maximum Gasteiger partial charge on any atom is 0.333 e.